The number of pyridine rings is 1. The maximum atomic E-state index is 11.1. The first kappa shape index (κ1) is 13.2. The van der Waals surface area contributed by atoms with Crippen LogP contribution in [0.1, 0.15) is 36.0 Å². The summed E-state index contributed by atoms with van der Waals surface area (Å²) in [5.74, 6) is -0.929. The molecular weight excluding hydrogens is 248 g/mol. The highest BCUT2D eigenvalue weighted by Crippen LogP contribution is 2.30. The van der Waals surface area contributed by atoms with Gasteiger partial charge in [0.25, 0.3) is 0 Å². The second kappa shape index (κ2) is 6.09. The third-order valence-corrected chi connectivity index (χ3v) is 4.57. The lowest BCUT2D eigenvalue weighted by atomic mass is 9.94. The van der Waals surface area contributed by atoms with Gasteiger partial charge in [-0.25, -0.2) is 4.79 Å². The first-order valence-corrected chi connectivity index (χ1v) is 7.48. The first-order chi connectivity index (χ1) is 8.72. The van der Waals surface area contributed by atoms with Crippen LogP contribution >= 0.6 is 11.8 Å². The molecule has 0 bridgehead atoms. The molecule has 1 aliphatic carbocycles. The number of rotatable bonds is 4. The minimum absolute atomic E-state index is 0.253. The number of aromatic nitrogens is 1. The average Bonchev–Trinajstić information content (AvgIpc) is 2.40. The van der Waals surface area contributed by atoms with Gasteiger partial charge in [0.15, 0.2) is 0 Å². The zero-order chi connectivity index (χ0) is 13.0. The molecule has 4 nitrogen and oxygen atoms in total. The summed E-state index contributed by atoms with van der Waals surface area (Å²) in [4.78, 5) is 15.0. The molecule has 1 heterocycles. The Morgan fingerprint density at radius 3 is 3.00 bits per heavy atom. The van der Waals surface area contributed by atoms with Crippen molar-refractivity contribution in [2.45, 2.75) is 37.0 Å². The number of nitrogens with zero attached hydrogens (tertiary/aromatic N) is 1. The highest BCUT2D eigenvalue weighted by molar-refractivity contribution is 7.99. The number of thioether (sulfide) groups is 1. The van der Waals surface area contributed by atoms with E-state index in [1.165, 1.54) is 25.5 Å². The van der Waals surface area contributed by atoms with Crippen LogP contribution in [0.2, 0.25) is 0 Å². The van der Waals surface area contributed by atoms with Crippen LogP contribution in [-0.2, 0) is 0 Å². The van der Waals surface area contributed by atoms with Crippen molar-refractivity contribution in [1.29, 1.82) is 0 Å². The van der Waals surface area contributed by atoms with Gasteiger partial charge in [0.1, 0.15) is 5.56 Å². The summed E-state index contributed by atoms with van der Waals surface area (Å²) in [6, 6.07) is 2.10. The Labute approximate surface area is 111 Å². The quantitative estimate of drug-likeness (QED) is 0.877. The van der Waals surface area contributed by atoms with Crippen molar-refractivity contribution in [2.24, 2.45) is 0 Å². The molecule has 98 valence electrons. The van der Waals surface area contributed by atoms with Crippen molar-refractivity contribution < 1.29 is 9.90 Å². The van der Waals surface area contributed by atoms with Gasteiger partial charge in [-0.3, -0.25) is 4.98 Å². The van der Waals surface area contributed by atoms with E-state index in [-0.39, 0.29) is 5.56 Å². The molecule has 1 aromatic heterocycles. The standard InChI is InChI=1S/C13H18N2O2S/c1-18-12-5-3-2-4-11(12)15-10-6-7-14-8-9(10)13(16)17/h6-8,11-12H,2-5H2,1H3,(H,14,15)(H,16,17). The molecule has 2 atom stereocenters. The molecule has 0 amide bonds. The lowest BCUT2D eigenvalue weighted by Gasteiger charge is -2.32. The van der Waals surface area contributed by atoms with E-state index in [2.05, 4.69) is 16.6 Å². The Balaban J connectivity index is 2.15. The Morgan fingerprint density at radius 2 is 2.28 bits per heavy atom. The van der Waals surface area contributed by atoms with Gasteiger partial charge >= 0.3 is 5.97 Å². The number of carbonyl (C=O) groups is 1. The highest BCUT2D eigenvalue weighted by atomic mass is 32.2. The molecule has 18 heavy (non-hydrogen) atoms. The molecule has 2 N–H and O–H groups in total. The van der Waals surface area contributed by atoms with Crippen molar-refractivity contribution in [2.75, 3.05) is 11.6 Å². The summed E-state index contributed by atoms with van der Waals surface area (Å²) >= 11 is 1.86. The van der Waals surface area contributed by atoms with E-state index in [0.717, 1.165) is 6.42 Å². The predicted molar refractivity (Wildman–Crippen MR) is 74.4 cm³/mol. The number of aromatic carboxylic acids is 1. The van der Waals surface area contributed by atoms with E-state index in [1.807, 2.05) is 11.8 Å². The minimum Gasteiger partial charge on any atom is -0.478 e. The highest BCUT2D eigenvalue weighted by Gasteiger charge is 2.25. The molecule has 1 fully saturated rings. The summed E-state index contributed by atoms with van der Waals surface area (Å²) in [5.41, 5.74) is 0.936. The summed E-state index contributed by atoms with van der Waals surface area (Å²) < 4.78 is 0. The monoisotopic (exact) mass is 266 g/mol. The van der Waals surface area contributed by atoms with Crippen LogP contribution in [0.4, 0.5) is 5.69 Å². The number of hydrogen-bond donors (Lipinski definition) is 2. The molecule has 0 aliphatic heterocycles. The van der Waals surface area contributed by atoms with Crippen molar-refractivity contribution in [3.63, 3.8) is 0 Å². The fraction of sp³-hybridized carbons (Fsp3) is 0.538. The number of carboxylic acids is 1. The summed E-state index contributed by atoms with van der Waals surface area (Å²) in [7, 11) is 0. The normalized spacial score (nSPS) is 23.6. The molecule has 0 radical (unpaired) electrons. The average molecular weight is 266 g/mol. The second-order valence-corrected chi connectivity index (χ2v) is 5.61. The lowest BCUT2D eigenvalue weighted by Crippen LogP contribution is -2.34. The number of nitrogens with one attached hydrogen (secondary N) is 1. The number of hydrogen-bond acceptors (Lipinski definition) is 4. The maximum absolute atomic E-state index is 11.1. The Bertz CT molecular complexity index is 425. The van der Waals surface area contributed by atoms with Crippen LogP contribution in [0.5, 0.6) is 0 Å². The third kappa shape index (κ3) is 2.96. The molecule has 5 heteroatoms. The van der Waals surface area contributed by atoms with Gasteiger partial charge in [-0.1, -0.05) is 12.8 Å². The Hall–Kier alpha value is -1.23. The molecule has 2 unspecified atom stereocenters. The fourth-order valence-electron chi connectivity index (χ4n) is 2.43. The van der Waals surface area contributed by atoms with Crippen LogP contribution in [0.25, 0.3) is 0 Å². The number of anilines is 1. The zero-order valence-electron chi connectivity index (χ0n) is 10.4. The molecular formula is C13H18N2O2S. The molecule has 1 aliphatic rings. The molecule has 2 rings (SSSR count). The van der Waals surface area contributed by atoms with Crippen LogP contribution in [-0.4, -0.2) is 33.6 Å². The second-order valence-electron chi connectivity index (χ2n) is 4.54. The van der Waals surface area contributed by atoms with E-state index in [0.29, 0.717) is 17.0 Å². The van der Waals surface area contributed by atoms with E-state index < -0.39 is 5.97 Å². The van der Waals surface area contributed by atoms with Crippen molar-refractivity contribution in [3.8, 4) is 0 Å². The molecule has 0 aromatic carbocycles. The van der Waals surface area contributed by atoms with E-state index >= 15 is 0 Å². The fourth-order valence-corrected chi connectivity index (χ4v) is 3.37. The van der Waals surface area contributed by atoms with Gasteiger partial charge in [-0.2, -0.15) is 11.8 Å². The van der Waals surface area contributed by atoms with Crippen molar-refractivity contribution >= 4 is 23.4 Å². The summed E-state index contributed by atoms with van der Waals surface area (Å²) in [6.07, 6.45) is 9.94. The summed E-state index contributed by atoms with van der Waals surface area (Å²) in [5, 5.41) is 13.1. The predicted octanol–water partition coefficient (Wildman–Crippen LogP) is 2.87. The third-order valence-electron chi connectivity index (χ3n) is 3.40. The first-order valence-electron chi connectivity index (χ1n) is 6.19. The summed E-state index contributed by atoms with van der Waals surface area (Å²) in [6.45, 7) is 0. The van der Waals surface area contributed by atoms with E-state index in [4.69, 9.17) is 5.11 Å². The van der Waals surface area contributed by atoms with Gasteiger partial charge in [-0.15, -0.1) is 0 Å². The van der Waals surface area contributed by atoms with Gasteiger partial charge in [0.05, 0.1) is 5.69 Å². The van der Waals surface area contributed by atoms with E-state index in [9.17, 15) is 4.79 Å². The van der Waals surface area contributed by atoms with Gasteiger partial charge in [0.2, 0.25) is 0 Å². The molecule has 1 saturated carbocycles. The maximum Gasteiger partial charge on any atom is 0.339 e. The van der Waals surface area contributed by atoms with Crippen molar-refractivity contribution in [1.82, 2.24) is 4.98 Å². The van der Waals surface area contributed by atoms with Crippen LogP contribution < -0.4 is 5.32 Å². The zero-order valence-corrected chi connectivity index (χ0v) is 11.2. The molecule has 0 spiro atoms. The topological polar surface area (TPSA) is 62.2 Å². The number of carboxylic acid groups (broad SMARTS) is 1. The molecule has 1 aromatic rings. The molecule has 0 saturated heterocycles. The van der Waals surface area contributed by atoms with Gasteiger partial charge in [0, 0.05) is 23.7 Å². The lowest BCUT2D eigenvalue weighted by molar-refractivity contribution is 0.0697. The van der Waals surface area contributed by atoms with Gasteiger partial charge < -0.3 is 10.4 Å². The minimum atomic E-state index is -0.929. The Morgan fingerprint density at radius 1 is 1.50 bits per heavy atom. The van der Waals surface area contributed by atoms with E-state index in [1.54, 1.807) is 12.3 Å². The van der Waals surface area contributed by atoms with Gasteiger partial charge in [-0.05, 0) is 25.2 Å². The van der Waals surface area contributed by atoms with Crippen LogP contribution in [0.3, 0.4) is 0 Å². The largest absolute Gasteiger partial charge is 0.478 e. The van der Waals surface area contributed by atoms with Crippen LogP contribution in [0, 0.1) is 0 Å². The van der Waals surface area contributed by atoms with Crippen molar-refractivity contribution in [3.05, 3.63) is 24.0 Å². The SMILES string of the molecule is CSC1CCCCC1Nc1ccncc1C(=O)O. The Kier molecular flexibility index (Phi) is 4.47. The van der Waals surface area contributed by atoms with Crippen LogP contribution in [0.15, 0.2) is 18.5 Å². The smallest absolute Gasteiger partial charge is 0.339 e.